The molecular formula is C11H12ClFN2O. The van der Waals surface area contributed by atoms with Gasteiger partial charge in [-0.15, -0.1) is 12.4 Å². The first-order valence-electron chi connectivity index (χ1n) is 4.70. The lowest BCUT2D eigenvalue weighted by Gasteiger charge is -1.93. The Kier molecular flexibility index (Phi) is 4.46. The van der Waals surface area contributed by atoms with Crippen LogP contribution in [0.15, 0.2) is 34.9 Å². The van der Waals surface area contributed by atoms with E-state index in [-0.39, 0.29) is 18.2 Å². The van der Waals surface area contributed by atoms with Crippen molar-refractivity contribution in [3.63, 3.8) is 0 Å². The Hall–Kier alpha value is -1.39. The highest BCUT2D eigenvalue weighted by Gasteiger charge is 2.05. The standard InChI is InChI=1S/C11H11FN2O.ClH/c12-9-3-1-8(2-4-9)11-14-10(5-6-13)7-15-11;/h1-4,7H,5-6,13H2;1H. The first-order valence-corrected chi connectivity index (χ1v) is 4.70. The van der Waals surface area contributed by atoms with Crippen molar-refractivity contribution in [3.8, 4) is 11.5 Å². The average Bonchev–Trinajstić information content (AvgIpc) is 2.68. The van der Waals surface area contributed by atoms with Gasteiger partial charge in [0.15, 0.2) is 0 Å². The van der Waals surface area contributed by atoms with Crippen molar-refractivity contribution in [2.24, 2.45) is 5.73 Å². The van der Waals surface area contributed by atoms with Gasteiger partial charge in [-0.2, -0.15) is 0 Å². The fourth-order valence-corrected chi connectivity index (χ4v) is 1.29. The van der Waals surface area contributed by atoms with Gasteiger partial charge in [-0.3, -0.25) is 0 Å². The summed E-state index contributed by atoms with van der Waals surface area (Å²) in [5, 5.41) is 0. The molecule has 2 rings (SSSR count). The third-order valence-corrected chi connectivity index (χ3v) is 2.04. The molecule has 1 heterocycles. The van der Waals surface area contributed by atoms with Gasteiger partial charge in [0.2, 0.25) is 5.89 Å². The van der Waals surface area contributed by atoms with Crippen LogP contribution in [0, 0.1) is 5.82 Å². The predicted octanol–water partition coefficient (Wildman–Crippen LogP) is 2.40. The molecule has 0 atom stereocenters. The molecule has 0 spiro atoms. The summed E-state index contributed by atoms with van der Waals surface area (Å²) in [5.41, 5.74) is 6.98. The molecule has 0 unspecified atom stereocenters. The molecule has 86 valence electrons. The van der Waals surface area contributed by atoms with E-state index in [2.05, 4.69) is 4.98 Å². The number of nitrogens with two attached hydrogens (primary N) is 1. The van der Waals surface area contributed by atoms with Gasteiger partial charge in [0, 0.05) is 12.0 Å². The lowest BCUT2D eigenvalue weighted by molar-refractivity contribution is 0.572. The molecule has 0 radical (unpaired) electrons. The number of hydrogen-bond donors (Lipinski definition) is 1. The van der Waals surface area contributed by atoms with Crippen molar-refractivity contribution in [2.75, 3.05) is 6.54 Å². The van der Waals surface area contributed by atoms with Gasteiger partial charge in [-0.1, -0.05) is 0 Å². The number of rotatable bonds is 3. The van der Waals surface area contributed by atoms with Crippen LogP contribution in [0.25, 0.3) is 11.5 Å². The van der Waals surface area contributed by atoms with Crippen LogP contribution in [0.3, 0.4) is 0 Å². The van der Waals surface area contributed by atoms with Gasteiger partial charge in [-0.25, -0.2) is 9.37 Å². The monoisotopic (exact) mass is 242 g/mol. The minimum atomic E-state index is -0.271. The van der Waals surface area contributed by atoms with Crippen LogP contribution in [-0.2, 0) is 6.42 Å². The zero-order valence-electron chi connectivity index (χ0n) is 8.52. The Morgan fingerprint density at radius 1 is 1.25 bits per heavy atom. The molecule has 2 N–H and O–H groups in total. The van der Waals surface area contributed by atoms with Crippen molar-refractivity contribution in [3.05, 3.63) is 42.0 Å². The van der Waals surface area contributed by atoms with Crippen molar-refractivity contribution >= 4 is 12.4 Å². The molecule has 0 aliphatic heterocycles. The van der Waals surface area contributed by atoms with Gasteiger partial charge in [0.25, 0.3) is 0 Å². The molecule has 1 aromatic carbocycles. The average molecular weight is 243 g/mol. The zero-order chi connectivity index (χ0) is 10.7. The molecule has 0 aliphatic rings. The SMILES string of the molecule is Cl.NCCc1coc(-c2ccc(F)cc2)n1. The van der Waals surface area contributed by atoms with Crippen molar-refractivity contribution in [2.45, 2.75) is 6.42 Å². The highest BCUT2D eigenvalue weighted by atomic mass is 35.5. The first-order chi connectivity index (χ1) is 7.29. The molecule has 1 aromatic heterocycles. The fraction of sp³-hybridized carbons (Fsp3) is 0.182. The van der Waals surface area contributed by atoms with E-state index in [0.29, 0.717) is 18.9 Å². The maximum absolute atomic E-state index is 12.7. The van der Waals surface area contributed by atoms with Gasteiger partial charge < -0.3 is 10.2 Å². The molecular weight excluding hydrogens is 231 g/mol. The maximum Gasteiger partial charge on any atom is 0.226 e. The smallest absolute Gasteiger partial charge is 0.226 e. The first kappa shape index (κ1) is 12.7. The summed E-state index contributed by atoms with van der Waals surface area (Å²) in [6, 6.07) is 6.02. The second-order valence-corrected chi connectivity index (χ2v) is 3.19. The second-order valence-electron chi connectivity index (χ2n) is 3.19. The molecule has 5 heteroatoms. The largest absolute Gasteiger partial charge is 0.444 e. The normalized spacial score (nSPS) is 9.88. The summed E-state index contributed by atoms with van der Waals surface area (Å²) < 4.78 is 17.9. The predicted molar refractivity (Wildman–Crippen MR) is 61.9 cm³/mol. The topological polar surface area (TPSA) is 52.0 Å². The van der Waals surface area contributed by atoms with E-state index < -0.39 is 0 Å². The molecule has 2 aromatic rings. The Balaban J connectivity index is 0.00000128. The van der Waals surface area contributed by atoms with E-state index in [9.17, 15) is 4.39 Å². The molecule has 0 saturated heterocycles. The van der Waals surface area contributed by atoms with Crippen LogP contribution in [0.5, 0.6) is 0 Å². The lowest BCUT2D eigenvalue weighted by atomic mass is 10.2. The van der Waals surface area contributed by atoms with Gasteiger partial charge >= 0.3 is 0 Å². The van der Waals surface area contributed by atoms with E-state index in [1.807, 2.05) is 0 Å². The van der Waals surface area contributed by atoms with E-state index in [4.69, 9.17) is 10.2 Å². The summed E-state index contributed by atoms with van der Waals surface area (Å²) in [5.74, 6) is 0.228. The Bertz CT molecular complexity index is 442. The third kappa shape index (κ3) is 2.81. The minimum absolute atomic E-state index is 0. The molecule has 0 saturated carbocycles. The van der Waals surface area contributed by atoms with Crippen LogP contribution in [0.2, 0.25) is 0 Å². The summed E-state index contributed by atoms with van der Waals surface area (Å²) in [6.07, 6.45) is 2.26. The minimum Gasteiger partial charge on any atom is -0.444 e. The van der Waals surface area contributed by atoms with Crippen LogP contribution < -0.4 is 5.73 Å². The Morgan fingerprint density at radius 2 is 1.94 bits per heavy atom. The molecule has 0 amide bonds. The quantitative estimate of drug-likeness (QED) is 0.899. The molecule has 0 aliphatic carbocycles. The summed E-state index contributed by atoms with van der Waals surface area (Å²) in [6.45, 7) is 0.537. The van der Waals surface area contributed by atoms with Gasteiger partial charge in [-0.05, 0) is 30.8 Å². The Labute approximate surface area is 98.9 Å². The van der Waals surface area contributed by atoms with Gasteiger partial charge in [0.1, 0.15) is 12.1 Å². The van der Waals surface area contributed by atoms with Crippen LogP contribution in [0.4, 0.5) is 4.39 Å². The molecule has 0 fully saturated rings. The van der Waals surface area contributed by atoms with E-state index in [0.717, 1.165) is 11.3 Å². The van der Waals surface area contributed by atoms with Crippen molar-refractivity contribution in [1.82, 2.24) is 4.98 Å². The number of aromatic nitrogens is 1. The van der Waals surface area contributed by atoms with Crippen LogP contribution in [-0.4, -0.2) is 11.5 Å². The van der Waals surface area contributed by atoms with E-state index >= 15 is 0 Å². The zero-order valence-corrected chi connectivity index (χ0v) is 9.34. The van der Waals surface area contributed by atoms with E-state index in [1.165, 1.54) is 12.1 Å². The van der Waals surface area contributed by atoms with Gasteiger partial charge in [0.05, 0.1) is 5.69 Å². The highest BCUT2D eigenvalue weighted by molar-refractivity contribution is 5.85. The fourth-order valence-electron chi connectivity index (χ4n) is 1.29. The summed E-state index contributed by atoms with van der Waals surface area (Å²) in [4.78, 5) is 4.23. The number of nitrogens with zero attached hydrogens (tertiary/aromatic N) is 1. The van der Waals surface area contributed by atoms with Crippen molar-refractivity contribution in [1.29, 1.82) is 0 Å². The number of hydrogen-bond acceptors (Lipinski definition) is 3. The van der Waals surface area contributed by atoms with Crippen molar-refractivity contribution < 1.29 is 8.81 Å². The Morgan fingerprint density at radius 3 is 2.56 bits per heavy atom. The number of benzene rings is 1. The lowest BCUT2D eigenvalue weighted by Crippen LogP contribution is -2.02. The van der Waals surface area contributed by atoms with Crippen LogP contribution in [0.1, 0.15) is 5.69 Å². The second kappa shape index (κ2) is 5.63. The molecule has 3 nitrogen and oxygen atoms in total. The van der Waals surface area contributed by atoms with Crippen LogP contribution >= 0.6 is 12.4 Å². The summed E-state index contributed by atoms with van der Waals surface area (Å²) in [7, 11) is 0. The molecule has 16 heavy (non-hydrogen) atoms. The maximum atomic E-state index is 12.7. The molecule has 0 bridgehead atoms. The van der Waals surface area contributed by atoms with E-state index in [1.54, 1.807) is 18.4 Å². The summed E-state index contributed by atoms with van der Waals surface area (Å²) >= 11 is 0. The third-order valence-electron chi connectivity index (χ3n) is 2.04. The number of halogens is 2. The number of oxazole rings is 1. The highest BCUT2D eigenvalue weighted by Crippen LogP contribution is 2.18.